The molecule has 0 radical (unpaired) electrons. The molecule has 86 valence electrons. The molecule has 0 amide bonds. The van der Waals surface area contributed by atoms with Crippen molar-refractivity contribution in [2.24, 2.45) is 0 Å². The van der Waals surface area contributed by atoms with Gasteiger partial charge in [-0.15, -0.1) is 11.6 Å². The van der Waals surface area contributed by atoms with Gasteiger partial charge in [-0.05, 0) is 22.0 Å². The fourth-order valence-corrected chi connectivity index (χ4v) is 2.41. The lowest BCUT2D eigenvalue weighted by Crippen LogP contribution is -2.34. The van der Waals surface area contributed by atoms with Gasteiger partial charge in [-0.3, -0.25) is 10.1 Å². The van der Waals surface area contributed by atoms with Gasteiger partial charge in [0.05, 0.1) is 4.92 Å². The average molecular weight is 307 g/mol. The molecule has 1 aliphatic carbocycles. The standard InChI is InChI=1S/C10H9BrClNO3/c11-10-8(13(14)15)2-1-3-9(10)16-7-4-6(12)5-7/h1-3,6-7H,4-5H2. The van der Waals surface area contributed by atoms with E-state index in [1.807, 2.05) is 0 Å². The fourth-order valence-electron chi connectivity index (χ4n) is 1.51. The number of nitrogens with zero attached hydrogens (tertiary/aromatic N) is 1. The normalized spacial score (nSPS) is 23.6. The zero-order chi connectivity index (χ0) is 11.7. The van der Waals surface area contributed by atoms with Crippen LogP contribution in [0.5, 0.6) is 5.75 Å². The second kappa shape index (κ2) is 4.59. The van der Waals surface area contributed by atoms with E-state index in [9.17, 15) is 10.1 Å². The molecule has 1 aliphatic rings. The van der Waals surface area contributed by atoms with Crippen molar-refractivity contribution in [2.45, 2.75) is 24.3 Å². The van der Waals surface area contributed by atoms with E-state index in [4.69, 9.17) is 16.3 Å². The molecular formula is C10H9BrClNO3. The van der Waals surface area contributed by atoms with Gasteiger partial charge in [0.15, 0.2) is 0 Å². The Morgan fingerprint density at radius 3 is 2.75 bits per heavy atom. The highest BCUT2D eigenvalue weighted by Gasteiger charge is 2.30. The Hall–Kier alpha value is -0.810. The summed E-state index contributed by atoms with van der Waals surface area (Å²) in [5.41, 5.74) is 0.0132. The molecule has 1 saturated carbocycles. The summed E-state index contributed by atoms with van der Waals surface area (Å²) >= 11 is 9.01. The van der Waals surface area contributed by atoms with Gasteiger partial charge in [0.25, 0.3) is 5.69 Å². The molecule has 16 heavy (non-hydrogen) atoms. The van der Waals surface area contributed by atoms with E-state index in [2.05, 4.69) is 15.9 Å². The second-order valence-corrected chi connectivity index (χ2v) is 5.07. The van der Waals surface area contributed by atoms with Crippen LogP contribution in [-0.4, -0.2) is 16.4 Å². The summed E-state index contributed by atoms with van der Waals surface area (Å²) in [5.74, 6) is 0.503. The summed E-state index contributed by atoms with van der Waals surface area (Å²) in [6.45, 7) is 0. The number of alkyl halides is 1. The highest BCUT2D eigenvalue weighted by molar-refractivity contribution is 9.10. The summed E-state index contributed by atoms with van der Waals surface area (Å²) in [6, 6.07) is 4.75. The van der Waals surface area contributed by atoms with Crippen LogP contribution in [0.15, 0.2) is 22.7 Å². The molecule has 0 aromatic heterocycles. The molecule has 2 rings (SSSR count). The molecular weight excluding hydrogens is 297 g/mol. The fraction of sp³-hybridized carbons (Fsp3) is 0.400. The number of nitro groups is 1. The number of benzene rings is 1. The van der Waals surface area contributed by atoms with E-state index in [1.54, 1.807) is 12.1 Å². The minimum atomic E-state index is -0.442. The molecule has 0 aliphatic heterocycles. The van der Waals surface area contributed by atoms with Crippen molar-refractivity contribution in [1.29, 1.82) is 0 Å². The number of hydrogen-bond acceptors (Lipinski definition) is 3. The van der Waals surface area contributed by atoms with Crippen molar-refractivity contribution < 1.29 is 9.66 Å². The molecule has 0 atom stereocenters. The minimum Gasteiger partial charge on any atom is -0.489 e. The maximum atomic E-state index is 10.7. The first-order valence-electron chi connectivity index (χ1n) is 4.81. The molecule has 0 unspecified atom stereocenters. The molecule has 0 saturated heterocycles. The molecule has 6 heteroatoms. The van der Waals surface area contributed by atoms with Crippen LogP contribution < -0.4 is 4.74 Å². The SMILES string of the molecule is O=[N+]([O-])c1cccc(OC2CC(Cl)C2)c1Br. The van der Waals surface area contributed by atoms with E-state index >= 15 is 0 Å². The van der Waals surface area contributed by atoms with Gasteiger partial charge in [0.1, 0.15) is 16.3 Å². The molecule has 0 spiro atoms. The third kappa shape index (κ3) is 2.30. The van der Waals surface area contributed by atoms with Crippen molar-refractivity contribution in [3.8, 4) is 5.75 Å². The minimum absolute atomic E-state index is 0.0132. The van der Waals surface area contributed by atoms with Gasteiger partial charge >= 0.3 is 0 Å². The van der Waals surface area contributed by atoms with Crippen molar-refractivity contribution in [3.05, 3.63) is 32.8 Å². The first-order valence-corrected chi connectivity index (χ1v) is 6.04. The van der Waals surface area contributed by atoms with Crippen LogP contribution in [0.4, 0.5) is 5.69 Å². The average Bonchev–Trinajstić information content (AvgIpc) is 2.18. The van der Waals surface area contributed by atoms with E-state index in [0.29, 0.717) is 10.2 Å². The van der Waals surface area contributed by atoms with E-state index < -0.39 is 4.92 Å². The predicted molar refractivity (Wildman–Crippen MR) is 64.1 cm³/mol. The number of nitro benzene ring substituents is 1. The lowest BCUT2D eigenvalue weighted by molar-refractivity contribution is -0.385. The summed E-state index contributed by atoms with van der Waals surface area (Å²) in [6.07, 6.45) is 1.65. The highest BCUT2D eigenvalue weighted by Crippen LogP contribution is 2.37. The Morgan fingerprint density at radius 2 is 2.19 bits per heavy atom. The molecule has 1 aromatic carbocycles. The van der Waals surface area contributed by atoms with Crippen molar-refractivity contribution in [1.82, 2.24) is 0 Å². The highest BCUT2D eigenvalue weighted by atomic mass is 79.9. The lowest BCUT2D eigenvalue weighted by atomic mass is 9.95. The van der Waals surface area contributed by atoms with Crippen LogP contribution in [0.25, 0.3) is 0 Å². The predicted octanol–water partition coefficient (Wildman–Crippen LogP) is 3.51. The summed E-state index contributed by atoms with van der Waals surface area (Å²) in [7, 11) is 0. The largest absolute Gasteiger partial charge is 0.489 e. The third-order valence-corrected chi connectivity index (χ3v) is 3.62. The molecule has 4 nitrogen and oxygen atoms in total. The zero-order valence-corrected chi connectivity index (χ0v) is 10.6. The molecule has 0 bridgehead atoms. The van der Waals surface area contributed by atoms with Crippen LogP contribution >= 0.6 is 27.5 Å². The van der Waals surface area contributed by atoms with Crippen molar-refractivity contribution in [3.63, 3.8) is 0 Å². The third-order valence-electron chi connectivity index (χ3n) is 2.47. The van der Waals surface area contributed by atoms with Crippen LogP contribution in [0.2, 0.25) is 0 Å². The Balaban J connectivity index is 2.15. The monoisotopic (exact) mass is 305 g/mol. The Morgan fingerprint density at radius 1 is 1.50 bits per heavy atom. The first-order chi connectivity index (χ1) is 7.58. The molecule has 1 aromatic rings. The van der Waals surface area contributed by atoms with Crippen LogP contribution in [0.3, 0.4) is 0 Å². The zero-order valence-electron chi connectivity index (χ0n) is 8.23. The summed E-state index contributed by atoms with van der Waals surface area (Å²) < 4.78 is 5.99. The first kappa shape index (κ1) is 11.7. The Labute approximate surface area is 106 Å². The summed E-state index contributed by atoms with van der Waals surface area (Å²) in [4.78, 5) is 10.3. The van der Waals surface area contributed by atoms with Crippen LogP contribution in [0.1, 0.15) is 12.8 Å². The van der Waals surface area contributed by atoms with E-state index in [0.717, 1.165) is 12.8 Å². The number of halogens is 2. The Kier molecular flexibility index (Phi) is 3.35. The van der Waals surface area contributed by atoms with Gasteiger partial charge in [-0.1, -0.05) is 6.07 Å². The topological polar surface area (TPSA) is 52.4 Å². The van der Waals surface area contributed by atoms with Crippen molar-refractivity contribution in [2.75, 3.05) is 0 Å². The second-order valence-electron chi connectivity index (χ2n) is 3.65. The number of ether oxygens (including phenoxy) is 1. The maximum Gasteiger partial charge on any atom is 0.287 e. The molecule has 0 heterocycles. The van der Waals surface area contributed by atoms with Crippen LogP contribution in [-0.2, 0) is 0 Å². The van der Waals surface area contributed by atoms with E-state index in [1.165, 1.54) is 6.07 Å². The van der Waals surface area contributed by atoms with Gasteiger partial charge in [0, 0.05) is 24.3 Å². The number of hydrogen-bond donors (Lipinski definition) is 0. The quantitative estimate of drug-likeness (QED) is 0.488. The van der Waals surface area contributed by atoms with Gasteiger partial charge in [-0.2, -0.15) is 0 Å². The lowest BCUT2D eigenvalue weighted by Gasteiger charge is -2.31. The molecule has 1 fully saturated rings. The van der Waals surface area contributed by atoms with Gasteiger partial charge < -0.3 is 4.74 Å². The van der Waals surface area contributed by atoms with Crippen LogP contribution in [0, 0.1) is 10.1 Å². The van der Waals surface area contributed by atoms with E-state index in [-0.39, 0.29) is 17.2 Å². The van der Waals surface area contributed by atoms with Gasteiger partial charge in [0.2, 0.25) is 0 Å². The number of rotatable bonds is 3. The maximum absolute atomic E-state index is 10.7. The van der Waals surface area contributed by atoms with Crippen molar-refractivity contribution >= 4 is 33.2 Å². The van der Waals surface area contributed by atoms with Gasteiger partial charge in [-0.25, -0.2) is 0 Å². The molecule has 0 N–H and O–H groups in total. The summed E-state index contributed by atoms with van der Waals surface area (Å²) in [5, 5.41) is 10.9. The Bertz CT molecular complexity index is 421. The smallest absolute Gasteiger partial charge is 0.287 e.